The highest BCUT2D eigenvalue weighted by Gasteiger charge is 2.38. The van der Waals surface area contributed by atoms with Crippen molar-refractivity contribution < 1.29 is 38.6 Å². The Balaban J connectivity index is 1.44. The molecule has 0 saturated carbocycles. The van der Waals surface area contributed by atoms with E-state index < -0.39 is 0 Å². The van der Waals surface area contributed by atoms with E-state index in [1.807, 2.05) is 24.3 Å². The van der Waals surface area contributed by atoms with E-state index in [2.05, 4.69) is 48.2 Å². The van der Waals surface area contributed by atoms with Gasteiger partial charge in [0, 0.05) is 47.4 Å². The lowest BCUT2D eigenvalue weighted by Crippen LogP contribution is -2.34. The fourth-order valence-corrected chi connectivity index (χ4v) is 7.55. The molecule has 6 aliphatic rings. The van der Waals surface area contributed by atoms with Gasteiger partial charge in [-0.1, -0.05) is 24.3 Å². The molecule has 0 aliphatic carbocycles. The molecule has 0 spiro atoms. The van der Waals surface area contributed by atoms with Crippen LogP contribution in [0.25, 0.3) is 0 Å². The van der Waals surface area contributed by atoms with Gasteiger partial charge in [0.25, 0.3) is 0 Å². The summed E-state index contributed by atoms with van der Waals surface area (Å²) in [7, 11) is 10.4. The van der Waals surface area contributed by atoms with E-state index in [1.165, 1.54) is 14.2 Å². The van der Waals surface area contributed by atoms with Gasteiger partial charge < -0.3 is 38.6 Å². The molecule has 10 nitrogen and oxygen atoms in total. The van der Waals surface area contributed by atoms with Crippen molar-refractivity contribution in [3.05, 3.63) is 81.9 Å². The highest BCUT2D eigenvalue weighted by atomic mass is 16.5. The van der Waals surface area contributed by atoms with Gasteiger partial charge in [-0.25, -0.2) is 0 Å². The van der Waals surface area contributed by atoms with E-state index in [-0.39, 0.29) is 35.1 Å². The third-order valence-electron chi connectivity index (χ3n) is 10.1. The first-order valence-electron chi connectivity index (χ1n) is 16.2. The first-order chi connectivity index (χ1) is 23.3. The molecule has 10 rings (SSSR count). The zero-order valence-electron chi connectivity index (χ0n) is 28.3. The first-order valence-corrected chi connectivity index (χ1v) is 16.2. The van der Waals surface area contributed by atoms with Crippen molar-refractivity contribution >= 4 is 0 Å². The summed E-state index contributed by atoms with van der Waals surface area (Å²) in [4.78, 5) is 4.56. The van der Waals surface area contributed by atoms with Crippen LogP contribution in [0.5, 0.6) is 57.5 Å². The standard InChI is InChI=1S/C38H42N2O8/c1-39-17-15-25-29-27(39)19-21-7-11-24(12-8-21)48-34-30-26(32(42)36(44-4)38(34)46-6)16-18-40(2)28(30)20-22-9-13-23(14-10-22)47-33(29)37(45-5)35(43-3)31(25)41/h7-14,27-28,41-42H,15-20H2,1-6H3/t27-,28-/m0/s1. The van der Waals surface area contributed by atoms with Crippen molar-refractivity contribution in [2.24, 2.45) is 0 Å². The van der Waals surface area contributed by atoms with Crippen molar-refractivity contribution in [2.45, 2.75) is 37.8 Å². The van der Waals surface area contributed by atoms with Gasteiger partial charge in [0.15, 0.2) is 23.0 Å². The lowest BCUT2D eigenvalue weighted by atomic mass is 9.86. The first kappa shape index (κ1) is 31.8. The number of aromatic hydroxyl groups is 2. The van der Waals surface area contributed by atoms with Crippen LogP contribution in [-0.4, -0.2) is 75.6 Å². The highest BCUT2D eigenvalue weighted by molar-refractivity contribution is 5.70. The second-order valence-corrected chi connectivity index (χ2v) is 12.7. The van der Waals surface area contributed by atoms with Crippen LogP contribution in [-0.2, 0) is 25.7 Å². The molecule has 4 aromatic carbocycles. The molecule has 48 heavy (non-hydrogen) atoms. The van der Waals surface area contributed by atoms with Crippen LogP contribution in [0.2, 0.25) is 0 Å². The van der Waals surface area contributed by atoms with Gasteiger partial charge in [-0.05, 0) is 75.2 Å². The predicted octanol–water partition coefficient (Wildman–Crippen LogP) is 6.57. The molecule has 6 heterocycles. The van der Waals surface area contributed by atoms with Crippen LogP contribution in [0.4, 0.5) is 0 Å². The monoisotopic (exact) mass is 654 g/mol. The van der Waals surface area contributed by atoms with Crippen molar-refractivity contribution in [2.75, 3.05) is 55.6 Å². The van der Waals surface area contributed by atoms with Gasteiger partial charge in [0.05, 0.1) is 28.4 Å². The summed E-state index contributed by atoms with van der Waals surface area (Å²) in [5.41, 5.74) is 5.51. The number of phenolic OH excluding ortho intramolecular Hbond substituents is 2. The Kier molecular flexibility index (Phi) is 8.39. The Morgan fingerprint density at radius 1 is 0.562 bits per heavy atom. The molecule has 2 N–H and O–H groups in total. The number of benzene rings is 4. The molecule has 6 aliphatic heterocycles. The Morgan fingerprint density at radius 3 is 1.25 bits per heavy atom. The van der Waals surface area contributed by atoms with Gasteiger partial charge in [-0.15, -0.1) is 0 Å². The minimum atomic E-state index is -0.121. The molecule has 0 aromatic heterocycles. The van der Waals surface area contributed by atoms with Crippen LogP contribution in [0, 0.1) is 0 Å². The number of hydrogen-bond acceptors (Lipinski definition) is 10. The molecule has 252 valence electrons. The normalized spacial score (nSPS) is 18.9. The number of phenols is 2. The number of nitrogens with zero attached hydrogens (tertiary/aromatic N) is 2. The molecule has 0 radical (unpaired) electrons. The zero-order chi connectivity index (χ0) is 33.7. The van der Waals surface area contributed by atoms with Gasteiger partial charge in [0.2, 0.25) is 23.0 Å². The predicted molar refractivity (Wildman–Crippen MR) is 181 cm³/mol. The topological polar surface area (TPSA) is 102 Å². The molecule has 2 atom stereocenters. The van der Waals surface area contributed by atoms with Gasteiger partial charge in [0.1, 0.15) is 11.5 Å². The summed E-state index contributed by atoms with van der Waals surface area (Å²) < 4.78 is 36.5. The summed E-state index contributed by atoms with van der Waals surface area (Å²) in [6, 6.07) is 15.8. The van der Waals surface area contributed by atoms with Crippen LogP contribution in [0.1, 0.15) is 45.5 Å². The van der Waals surface area contributed by atoms with Crippen molar-refractivity contribution in [3.63, 3.8) is 0 Å². The summed E-state index contributed by atoms with van der Waals surface area (Å²) in [5, 5.41) is 22.8. The van der Waals surface area contributed by atoms with Crippen LogP contribution >= 0.6 is 0 Å². The maximum absolute atomic E-state index is 11.4. The molecule has 10 heteroatoms. The van der Waals surface area contributed by atoms with E-state index in [1.54, 1.807) is 14.2 Å². The van der Waals surface area contributed by atoms with E-state index >= 15 is 0 Å². The number of methoxy groups -OCH3 is 4. The van der Waals surface area contributed by atoms with Gasteiger partial charge >= 0.3 is 0 Å². The zero-order valence-corrected chi connectivity index (χ0v) is 28.3. The fourth-order valence-electron chi connectivity index (χ4n) is 7.55. The van der Waals surface area contributed by atoms with Crippen LogP contribution in [0.3, 0.4) is 0 Å². The summed E-state index contributed by atoms with van der Waals surface area (Å²) in [6.45, 7) is 1.50. The summed E-state index contributed by atoms with van der Waals surface area (Å²) in [6.07, 6.45) is 2.56. The lowest BCUT2D eigenvalue weighted by molar-refractivity contribution is 0.216. The Bertz CT molecular complexity index is 1710. The van der Waals surface area contributed by atoms with E-state index in [9.17, 15) is 10.2 Å². The van der Waals surface area contributed by atoms with E-state index in [0.29, 0.717) is 60.2 Å². The highest BCUT2D eigenvalue weighted by Crippen LogP contribution is 2.56. The third-order valence-corrected chi connectivity index (χ3v) is 10.1. The second-order valence-electron chi connectivity index (χ2n) is 12.7. The molecule has 0 saturated heterocycles. The van der Waals surface area contributed by atoms with Crippen molar-refractivity contribution in [1.29, 1.82) is 0 Å². The third kappa shape index (κ3) is 5.20. The van der Waals surface area contributed by atoms with Crippen LogP contribution in [0.15, 0.2) is 48.5 Å². The second kappa shape index (κ2) is 12.7. The minimum Gasteiger partial charge on any atom is -0.504 e. The molecule has 0 fully saturated rings. The average Bonchev–Trinajstić information content (AvgIpc) is 3.09. The number of rotatable bonds is 4. The van der Waals surface area contributed by atoms with Crippen molar-refractivity contribution in [3.8, 4) is 57.5 Å². The van der Waals surface area contributed by atoms with Crippen LogP contribution < -0.4 is 28.4 Å². The smallest absolute Gasteiger partial charge is 0.208 e. The maximum atomic E-state index is 11.4. The summed E-state index contributed by atoms with van der Waals surface area (Å²) in [5.74, 6) is 3.75. The maximum Gasteiger partial charge on any atom is 0.208 e. The lowest BCUT2D eigenvalue weighted by Gasteiger charge is -2.37. The van der Waals surface area contributed by atoms with Gasteiger partial charge in [-0.2, -0.15) is 0 Å². The van der Waals surface area contributed by atoms with E-state index in [0.717, 1.165) is 46.5 Å². The molecular formula is C38H42N2O8. The Hall–Kier alpha value is -4.80. The number of ether oxygens (including phenoxy) is 6. The molecular weight excluding hydrogens is 612 g/mol. The van der Waals surface area contributed by atoms with E-state index in [4.69, 9.17) is 28.4 Å². The van der Waals surface area contributed by atoms with Gasteiger partial charge in [-0.3, -0.25) is 9.80 Å². The molecule has 0 amide bonds. The number of likely N-dealkylation sites (N-methyl/N-ethyl adjacent to an activating group) is 2. The molecule has 4 aromatic rings. The molecule has 0 unspecified atom stereocenters. The minimum absolute atomic E-state index is 0.0843. The molecule has 4 bridgehead atoms. The summed E-state index contributed by atoms with van der Waals surface area (Å²) >= 11 is 0. The fraction of sp³-hybridized carbons (Fsp3) is 0.368. The Labute approximate surface area is 280 Å². The SMILES string of the molecule is COc1c(O)c2c3c(c1OC)Oc1ccc(cc1)C[C@H]1c4c(c(O)c(OC)c(OC)c4Oc4ccc(cc4)C[C@@H]3N(C)CC2)CCN1C. The van der Waals surface area contributed by atoms with Crippen molar-refractivity contribution in [1.82, 2.24) is 9.80 Å². The average molecular weight is 655 g/mol. The Morgan fingerprint density at radius 2 is 0.917 bits per heavy atom. The number of hydrogen-bond donors (Lipinski definition) is 2. The quantitative estimate of drug-likeness (QED) is 0.251. The largest absolute Gasteiger partial charge is 0.504 e.